The second kappa shape index (κ2) is 5.83. The van der Waals surface area contributed by atoms with Gasteiger partial charge in [0.05, 0.1) is 5.57 Å². The number of hydrogen-bond donors (Lipinski definition) is 2. The molecule has 1 atom stereocenters. The summed E-state index contributed by atoms with van der Waals surface area (Å²) in [5.74, 6) is -0.792. The zero-order valence-corrected chi connectivity index (χ0v) is 10.6. The third kappa shape index (κ3) is 2.62. The maximum Gasteiger partial charge on any atom is 0.333 e. The quantitative estimate of drug-likeness (QED) is 0.857. The Balaban J connectivity index is 2.44. The normalized spacial score (nSPS) is 19.9. The molecule has 2 rings (SSSR count). The SMILES string of the molecule is CCCC1NCCC(c2ccccc2)=C1C(=O)O. The van der Waals surface area contributed by atoms with E-state index in [0.29, 0.717) is 5.57 Å². The van der Waals surface area contributed by atoms with Crippen LogP contribution < -0.4 is 5.32 Å². The van der Waals surface area contributed by atoms with E-state index >= 15 is 0 Å². The Morgan fingerprint density at radius 3 is 2.72 bits per heavy atom. The van der Waals surface area contributed by atoms with Gasteiger partial charge < -0.3 is 10.4 Å². The lowest BCUT2D eigenvalue weighted by Crippen LogP contribution is -2.39. The highest BCUT2D eigenvalue weighted by atomic mass is 16.4. The molecule has 3 heteroatoms. The second-order valence-corrected chi connectivity index (χ2v) is 4.61. The molecular formula is C15H19NO2. The van der Waals surface area contributed by atoms with Crippen LogP contribution in [0.5, 0.6) is 0 Å². The van der Waals surface area contributed by atoms with E-state index in [1.807, 2.05) is 30.3 Å². The van der Waals surface area contributed by atoms with Crippen LogP contribution in [0.4, 0.5) is 0 Å². The molecule has 0 amide bonds. The largest absolute Gasteiger partial charge is 0.478 e. The maximum atomic E-state index is 11.5. The van der Waals surface area contributed by atoms with Gasteiger partial charge in [-0.2, -0.15) is 0 Å². The van der Waals surface area contributed by atoms with Gasteiger partial charge in [-0.3, -0.25) is 0 Å². The first-order valence-corrected chi connectivity index (χ1v) is 6.49. The first-order valence-electron chi connectivity index (χ1n) is 6.49. The number of nitrogens with one attached hydrogen (secondary N) is 1. The number of hydrogen-bond acceptors (Lipinski definition) is 2. The van der Waals surface area contributed by atoms with Crippen molar-refractivity contribution in [2.45, 2.75) is 32.2 Å². The molecule has 0 aromatic heterocycles. The van der Waals surface area contributed by atoms with Crippen LogP contribution in [-0.4, -0.2) is 23.7 Å². The van der Waals surface area contributed by atoms with E-state index in [-0.39, 0.29) is 6.04 Å². The van der Waals surface area contributed by atoms with E-state index in [2.05, 4.69) is 12.2 Å². The minimum Gasteiger partial charge on any atom is -0.478 e. The van der Waals surface area contributed by atoms with Crippen LogP contribution in [0.1, 0.15) is 31.7 Å². The lowest BCUT2D eigenvalue weighted by Gasteiger charge is -2.27. The Bertz CT molecular complexity index is 451. The van der Waals surface area contributed by atoms with E-state index in [1.54, 1.807) is 0 Å². The third-order valence-electron chi connectivity index (χ3n) is 3.37. The molecule has 0 saturated heterocycles. The van der Waals surface area contributed by atoms with Crippen LogP contribution in [0.2, 0.25) is 0 Å². The summed E-state index contributed by atoms with van der Waals surface area (Å²) >= 11 is 0. The Kier molecular flexibility index (Phi) is 4.15. The number of rotatable bonds is 4. The summed E-state index contributed by atoms with van der Waals surface area (Å²) in [7, 11) is 0. The van der Waals surface area contributed by atoms with Crippen molar-refractivity contribution < 1.29 is 9.90 Å². The number of carboxylic acids is 1. The molecule has 96 valence electrons. The Hall–Kier alpha value is -1.61. The highest BCUT2D eigenvalue weighted by Crippen LogP contribution is 2.29. The van der Waals surface area contributed by atoms with Crippen molar-refractivity contribution >= 4 is 11.5 Å². The summed E-state index contributed by atoms with van der Waals surface area (Å²) in [6.45, 7) is 2.93. The van der Waals surface area contributed by atoms with Gasteiger partial charge in [0.15, 0.2) is 0 Å². The first kappa shape index (κ1) is 12.8. The monoisotopic (exact) mass is 245 g/mol. The average molecular weight is 245 g/mol. The Labute approximate surface area is 108 Å². The van der Waals surface area contributed by atoms with Gasteiger partial charge in [0.25, 0.3) is 0 Å². The summed E-state index contributed by atoms with van der Waals surface area (Å²) < 4.78 is 0. The van der Waals surface area contributed by atoms with E-state index in [0.717, 1.165) is 36.9 Å². The van der Waals surface area contributed by atoms with Gasteiger partial charge >= 0.3 is 5.97 Å². The molecule has 1 aliphatic heterocycles. The van der Waals surface area contributed by atoms with Crippen molar-refractivity contribution in [3.8, 4) is 0 Å². The molecule has 1 aromatic carbocycles. The zero-order chi connectivity index (χ0) is 13.0. The smallest absolute Gasteiger partial charge is 0.333 e. The lowest BCUT2D eigenvalue weighted by atomic mass is 9.88. The predicted molar refractivity (Wildman–Crippen MR) is 72.3 cm³/mol. The molecule has 0 spiro atoms. The first-order chi connectivity index (χ1) is 8.74. The van der Waals surface area contributed by atoms with Gasteiger partial charge in [-0.1, -0.05) is 43.7 Å². The molecule has 0 aliphatic carbocycles. The number of benzene rings is 1. The van der Waals surface area contributed by atoms with Crippen molar-refractivity contribution in [3.05, 3.63) is 41.5 Å². The Morgan fingerprint density at radius 1 is 1.39 bits per heavy atom. The molecule has 0 fully saturated rings. The van der Waals surface area contributed by atoms with Crippen LogP contribution in [0.15, 0.2) is 35.9 Å². The van der Waals surface area contributed by atoms with E-state index in [4.69, 9.17) is 0 Å². The molecule has 0 saturated carbocycles. The van der Waals surface area contributed by atoms with Gasteiger partial charge in [0, 0.05) is 6.04 Å². The molecule has 1 aliphatic rings. The fourth-order valence-corrected chi connectivity index (χ4v) is 2.57. The van der Waals surface area contributed by atoms with Gasteiger partial charge in [0.2, 0.25) is 0 Å². The zero-order valence-electron chi connectivity index (χ0n) is 10.6. The van der Waals surface area contributed by atoms with Crippen LogP contribution in [0.3, 0.4) is 0 Å². The highest BCUT2D eigenvalue weighted by Gasteiger charge is 2.27. The molecule has 1 unspecified atom stereocenters. The van der Waals surface area contributed by atoms with Crippen molar-refractivity contribution in [1.29, 1.82) is 0 Å². The topological polar surface area (TPSA) is 49.3 Å². The van der Waals surface area contributed by atoms with Crippen LogP contribution >= 0.6 is 0 Å². The standard InChI is InChI=1S/C15H19NO2/c1-2-6-13-14(15(17)18)12(9-10-16-13)11-7-4-3-5-8-11/h3-5,7-8,13,16H,2,6,9-10H2,1H3,(H,17,18). The van der Waals surface area contributed by atoms with Crippen LogP contribution in [0, 0.1) is 0 Å². The summed E-state index contributed by atoms with van der Waals surface area (Å²) in [5, 5.41) is 12.8. The number of aliphatic carboxylic acids is 1. The van der Waals surface area contributed by atoms with Crippen LogP contribution in [-0.2, 0) is 4.79 Å². The molecule has 0 bridgehead atoms. The summed E-state index contributed by atoms with van der Waals surface area (Å²) in [5.41, 5.74) is 2.58. The molecule has 18 heavy (non-hydrogen) atoms. The fraction of sp³-hybridized carbons (Fsp3) is 0.400. The summed E-state index contributed by atoms with van der Waals surface area (Å²) in [4.78, 5) is 11.5. The molecule has 1 aromatic rings. The minimum atomic E-state index is -0.792. The second-order valence-electron chi connectivity index (χ2n) is 4.61. The molecule has 2 N–H and O–H groups in total. The molecule has 1 heterocycles. The lowest BCUT2D eigenvalue weighted by molar-refractivity contribution is -0.133. The van der Waals surface area contributed by atoms with E-state index < -0.39 is 5.97 Å². The van der Waals surface area contributed by atoms with Gasteiger partial charge in [-0.15, -0.1) is 0 Å². The van der Waals surface area contributed by atoms with Crippen LogP contribution in [0.25, 0.3) is 5.57 Å². The van der Waals surface area contributed by atoms with Crippen molar-refractivity contribution in [3.63, 3.8) is 0 Å². The maximum absolute atomic E-state index is 11.5. The van der Waals surface area contributed by atoms with Crippen molar-refractivity contribution in [2.24, 2.45) is 0 Å². The van der Waals surface area contributed by atoms with Crippen molar-refractivity contribution in [1.82, 2.24) is 5.32 Å². The Morgan fingerprint density at radius 2 is 2.11 bits per heavy atom. The fourth-order valence-electron chi connectivity index (χ4n) is 2.57. The van der Waals surface area contributed by atoms with E-state index in [1.165, 1.54) is 0 Å². The number of carboxylic acid groups (broad SMARTS) is 1. The summed E-state index contributed by atoms with van der Waals surface area (Å²) in [6, 6.07) is 9.84. The number of carbonyl (C=O) groups is 1. The average Bonchev–Trinajstić information content (AvgIpc) is 2.39. The van der Waals surface area contributed by atoms with E-state index in [9.17, 15) is 9.90 Å². The molecule has 3 nitrogen and oxygen atoms in total. The van der Waals surface area contributed by atoms with Gasteiger partial charge in [-0.05, 0) is 30.5 Å². The van der Waals surface area contributed by atoms with Gasteiger partial charge in [0.1, 0.15) is 0 Å². The molecule has 0 radical (unpaired) electrons. The van der Waals surface area contributed by atoms with Crippen molar-refractivity contribution in [2.75, 3.05) is 6.54 Å². The molecular weight excluding hydrogens is 226 g/mol. The minimum absolute atomic E-state index is 0.0172. The third-order valence-corrected chi connectivity index (χ3v) is 3.37. The highest BCUT2D eigenvalue weighted by molar-refractivity contribution is 5.98. The summed E-state index contributed by atoms with van der Waals surface area (Å²) in [6.07, 6.45) is 2.64. The van der Waals surface area contributed by atoms with Gasteiger partial charge in [-0.25, -0.2) is 4.79 Å². The predicted octanol–water partition coefficient (Wildman–Crippen LogP) is 2.69.